The Morgan fingerprint density at radius 1 is 1.35 bits per heavy atom. The van der Waals surface area contributed by atoms with Crippen LogP contribution in [-0.2, 0) is 16.0 Å². The Morgan fingerprint density at radius 3 is 2.60 bits per heavy atom. The summed E-state index contributed by atoms with van der Waals surface area (Å²) in [7, 11) is 0. The van der Waals surface area contributed by atoms with E-state index < -0.39 is 0 Å². The first kappa shape index (κ1) is 15.0. The zero-order valence-corrected chi connectivity index (χ0v) is 12.1. The van der Waals surface area contributed by atoms with Crippen LogP contribution in [0.1, 0.15) is 25.3 Å². The van der Waals surface area contributed by atoms with E-state index >= 15 is 0 Å². The Labute approximate surface area is 120 Å². The number of hydrogen-bond donors (Lipinski definition) is 2. The van der Waals surface area contributed by atoms with Gasteiger partial charge in [0.25, 0.3) is 0 Å². The molecule has 1 saturated heterocycles. The summed E-state index contributed by atoms with van der Waals surface area (Å²) < 4.78 is 5.35. The van der Waals surface area contributed by atoms with Crippen molar-refractivity contribution in [1.29, 1.82) is 0 Å². The second-order valence-electron chi connectivity index (χ2n) is 5.78. The Morgan fingerprint density at radius 2 is 2.00 bits per heavy atom. The fourth-order valence-electron chi connectivity index (χ4n) is 2.53. The lowest BCUT2D eigenvalue weighted by molar-refractivity contribution is -0.127. The molecule has 0 aromatic heterocycles. The van der Waals surface area contributed by atoms with Crippen LogP contribution in [0.15, 0.2) is 30.3 Å². The van der Waals surface area contributed by atoms with Crippen molar-refractivity contribution >= 4 is 5.91 Å². The SMILES string of the molecule is CC1(NC(=O)C(CN)Cc2ccccc2)CCOCC1. The fraction of sp³-hybridized carbons (Fsp3) is 0.562. The van der Waals surface area contributed by atoms with E-state index in [1.165, 1.54) is 0 Å². The first-order chi connectivity index (χ1) is 9.63. The lowest BCUT2D eigenvalue weighted by Crippen LogP contribution is -2.52. The van der Waals surface area contributed by atoms with Crippen LogP contribution in [0.4, 0.5) is 0 Å². The third kappa shape index (κ3) is 4.05. The van der Waals surface area contributed by atoms with Crippen molar-refractivity contribution in [2.24, 2.45) is 11.7 Å². The van der Waals surface area contributed by atoms with Gasteiger partial charge >= 0.3 is 0 Å². The highest BCUT2D eigenvalue weighted by Crippen LogP contribution is 2.20. The summed E-state index contributed by atoms with van der Waals surface area (Å²) in [5, 5.41) is 3.17. The van der Waals surface area contributed by atoms with Crippen LogP contribution in [0.5, 0.6) is 0 Å². The maximum absolute atomic E-state index is 12.4. The number of nitrogens with two attached hydrogens (primary N) is 1. The first-order valence-corrected chi connectivity index (χ1v) is 7.27. The normalized spacial score (nSPS) is 19.3. The molecule has 20 heavy (non-hydrogen) atoms. The smallest absolute Gasteiger partial charge is 0.225 e. The van der Waals surface area contributed by atoms with Crippen molar-refractivity contribution in [3.05, 3.63) is 35.9 Å². The summed E-state index contributed by atoms with van der Waals surface area (Å²) in [6.45, 7) is 3.88. The topological polar surface area (TPSA) is 64.4 Å². The summed E-state index contributed by atoms with van der Waals surface area (Å²) in [5.41, 5.74) is 6.78. The van der Waals surface area contributed by atoms with Gasteiger partial charge in [0.2, 0.25) is 5.91 Å². The van der Waals surface area contributed by atoms with E-state index in [0.717, 1.165) is 18.4 Å². The van der Waals surface area contributed by atoms with Gasteiger partial charge < -0.3 is 15.8 Å². The molecule has 1 aliphatic heterocycles. The molecule has 0 spiro atoms. The zero-order chi connectivity index (χ0) is 14.4. The molecule has 1 aromatic carbocycles. The minimum atomic E-state index is -0.169. The molecule has 1 aromatic rings. The number of carbonyl (C=O) groups is 1. The highest BCUT2D eigenvalue weighted by atomic mass is 16.5. The molecule has 0 saturated carbocycles. The van der Waals surface area contributed by atoms with E-state index in [4.69, 9.17) is 10.5 Å². The van der Waals surface area contributed by atoms with Crippen molar-refractivity contribution in [1.82, 2.24) is 5.32 Å². The monoisotopic (exact) mass is 276 g/mol. The summed E-state index contributed by atoms with van der Waals surface area (Å²) in [6.07, 6.45) is 2.42. The Bertz CT molecular complexity index is 427. The number of rotatable bonds is 5. The highest BCUT2D eigenvalue weighted by Gasteiger charge is 2.31. The van der Waals surface area contributed by atoms with E-state index in [2.05, 4.69) is 12.2 Å². The number of nitrogens with one attached hydrogen (secondary N) is 1. The molecule has 1 atom stereocenters. The van der Waals surface area contributed by atoms with Gasteiger partial charge in [-0.15, -0.1) is 0 Å². The number of ether oxygens (including phenoxy) is 1. The number of amides is 1. The van der Waals surface area contributed by atoms with Crippen LogP contribution in [0.2, 0.25) is 0 Å². The average Bonchev–Trinajstić information content (AvgIpc) is 2.46. The standard InChI is InChI=1S/C16H24N2O2/c1-16(7-9-20-10-8-16)18-15(19)14(12-17)11-13-5-3-2-4-6-13/h2-6,14H,7-12,17H2,1H3,(H,18,19). The first-order valence-electron chi connectivity index (χ1n) is 7.27. The molecule has 1 aliphatic rings. The number of carbonyl (C=O) groups excluding carboxylic acids is 1. The molecule has 0 aliphatic carbocycles. The summed E-state index contributed by atoms with van der Waals surface area (Å²) in [6, 6.07) is 10.0. The lowest BCUT2D eigenvalue weighted by Gasteiger charge is -2.35. The molecular weight excluding hydrogens is 252 g/mol. The molecule has 1 amide bonds. The Kier molecular flexibility index (Phi) is 5.15. The van der Waals surface area contributed by atoms with Gasteiger partial charge in [-0.25, -0.2) is 0 Å². The molecule has 0 radical (unpaired) electrons. The maximum atomic E-state index is 12.4. The van der Waals surface area contributed by atoms with Crippen LogP contribution in [0, 0.1) is 5.92 Å². The summed E-state index contributed by atoms with van der Waals surface area (Å²) in [5.74, 6) is -0.113. The molecule has 1 heterocycles. The van der Waals surface area contributed by atoms with Crippen LogP contribution < -0.4 is 11.1 Å². The molecule has 0 bridgehead atoms. The van der Waals surface area contributed by atoms with Gasteiger partial charge in [-0.3, -0.25) is 4.79 Å². The molecule has 1 fully saturated rings. The van der Waals surface area contributed by atoms with Crippen LogP contribution in [0.25, 0.3) is 0 Å². The van der Waals surface area contributed by atoms with Gasteiger partial charge in [-0.2, -0.15) is 0 Å². The lowest BCUT2D eigenvalue weighted by atomic mass is 9.90. The predicted molar refractivity (Wildman–Crippen MR) is 79.3 cm³/mol. The van der Waals surface area contributed by atoms with Crippen molar-refractivity contribution in [2.75, 3.05) is 19.8 Å². The molecular formula is C16H24N2O2. The Balaban J connectivity index is 1.95. The Hall–Kier alpha value is -1.39. The molecule has 3 N–H and O–H groups in total. The molecule has 4 nitrogen and oxygen atoms in total. The molecule has 4 heteroatoms. The highest BCUT2D eigenvalue weighted by molar-refractivity contribution is 5.80. The van der Waals surface area contributed by atoms with Crippen molar-refractivity contribution in [3.8, 4) is 0 Å². The fourth-order valence-corrected chi connectivity index (χ4v) is 2.53. The molecule has 110 valence electrons. The van der Waals surface area contributed by atoms with Gasteiger partial charge in [-0.1, -0.05) is 30.3 Å². The van der Waals surface area contributed by atoms with E-state index in [1.807, 2.05) is 30.3 Å². The van der Waals surface area contributed by atoms with Crippen LogP contribution in [0.3, 0.4) is 0 Å². The predicted octanol–water partition coefficient (Wildman–Crippen LogP) is 1.49. The van der Waals surface area contributed by atoms with Crippen molar-refractivity contribution in [3.63, 3.8) is 0 Å². The zero-order valence-electron chi connectivity index (χ0n) is 12.1. The average molecular weight is 276 g/mol. The number of benzene rings is 1. The summed E-state index contributed by atoms with van der Waals surface area (Å²) >= 11 is 0. The molecule has 1 unspecified atom stereocenters. The minimum absolute atomic E-state index is 0.0563. The van der Waals surface area contributed by atoms with Crippen molar-refractivity contribution in [2.45, 2.75) is 31.7 Å². The van der Waals surface area contributed by atoms with Gasteiger partial charge in [-0.05, 0) is 31.7 Å². The van der Waals surface area contributed by atoms with Gasteiger partial charge in [0, 0.05) is 25.3 Å². The van der Waals surface area contributed by atoms with Crippen LogP contribution in [-0.4, -0.2) is 31.2 Å². The minimum Gasteiger partial charge on any atom is -0.381 e. The van der Waals surface area contributed by atoms with E-state index in [-0.39, 0.29) is 17.4 Å². The quantitative estimate of drug-likeness (QED) is 0.856. The third-order valence-corrected chi connectivity index (χ3v) is 4.00. The van der Waals surface area contributed by atoms with E-state index in [9.17, 15) is 4.79 Å². The van der Waals surface area contributed by atoms with Crippen LogP contribution >= 0.6 is 0 Å². The third-order valence-electron chi connectivity index (χ3n) is 4.00. The molecule has 2 rings (SSSR count). The van der Waals surface area contributed by atoms with Gasteiger partial charge in [0.05, 0.1) is 5.92 Å². The van der Waals surface area contributed by atoms with E-state index in [1.54, 1.807) is 0 Å². The second kappa shape index (κ2) is 6.86. The maximum Gasteiger partial charge on any atom is 0.225 e. The van der Waals surface area contributed by atoms with E-state index in [0.29, 0.717) is 26.2 Å². The number of hydrogen-bond acceptors (Lipinski definition) is 3. The second-order valence-corrected chi connectivity index (χ2v) is 5.78. The largest absolute Gasteiger partial charge is 0.381 e. The van der Waals surface area contributed by atoms with Gasteiger partial charge in [0.15, 0.2) is 0 Å². The summed E-state index contributed by atoms with van der Waals surface area (Å²) in [4.78, 5) is 12.4. The van der Waals surface area contributed by atoms with Gasteiger partial charge in [0.1, 0.15) is 0 Å². The van der Waals surface area contributed by atoms with Crippen molar-refractivity contribution < 1.29 is 9.53 Å².